The van der Waals surface area contributed by atoms with Gasteiger partial charge in [-0.25, -0.2) is 0 Å². The fourth-order valence-corrected chi connectivity index (χ4v) is 5.02. The minimum absolute atomic E-state index is 0.0167. The summed E-state index contributed by atoms with van der Waals surface area (Å²) in [5, 5.41) is 1.91. The van der Waals surface area contributed by atoms with Gasteiger partial charge in [0.15, 0.2) is 5.43 Å². The van der Waals surface area contributed by atoms with Crippen LogP contribution in [0.5, 0.6) is 0 Å². The van der Waals surface area contributed by atoms with Gasteiger partial charge < -0.3 is 9.55 Å². The van der Waals surface area contributed by atoms with Gasteiger partial charge in [-0.05, 0) is 62.2 Å². The first-order valence-corrected chi connectivity index (χ1v) is 12.0. The van der Waals surface area contributed by atoms with Crippen molar-refractivity contribution in [2.75, 3.05) is 0 Å². The second-order valence-electron chi connectivity index (χ2n) is 8.58. The number of nitrogens with one attached hydrogen (secondary N) is 1. The highest BCUT2D eigenvalue weighted by atomic mass is 32.3. The van der Waals surface area contributed by atoms with E-state index in [9.17, 15) is 17.1 Å². The minimum Gasteiger partial charge on any atom is -0.340 e. The average Bonchev–Trinajstić information content (AvgIpc) is 3.17. The average molecular weight is 474 g/mol. The summed E-state index contributed by atoms with van der Waals surface area (Å²) in [6.07, 6.45) is 8.00. The SMILES string of the molecule is C#Cc1ccc2c(c1)[nH]c1c2c(=O)c2cc(C)c(-c3cncc(S(=O)(=O)F)c3)cc2n1C(C)C. The molecular formula is C26H20FN3O3S. The van der Waals surface area contributed by atoms with Crippen LogP contribution in [0.1, 0.15) is 31.0 Å². The van der Waals surface area contributed by atoms with Gasteiger partial charge in [0.05, 0.1) is 10.9 Å². The van der Waals surface area contributed by atoms with Crippen molar-refractivity contribution in [3.8, 4) is 23.5 Å². The number of nitrogens with zero attached hydrogens (tertiary/aromatic N) is 2. The zero-order valence-electron chi connectivity index (χ0n) is 18.7. The molecule has 0 saturated heterocycles. The van der Waals surface area contributed by atoms with Gasteiger partial charge in [0, 0.05) is 45.9 Å². The highest BCUT2D eigenvalue weighted by molar-refractivity contribution is 7.86. The molecule has 3 heterocycles. The number of hydrogen-bond donors (Lipinski definition) is 1. The largest absolute Gasteiger partial charge is 0.340 e. The van der Waals surface area contributed by atoms with Crippen LogP contribution < -0.4 is 5.43 Å². The number of halogens is 1. The number of benzene rings is 2. The Labute approximate surface area is 195 Å². The molecule has 2 aromatic carbocycles. The molecule has 0 aliphatic rings. The Morgan fingerprint density at radius 1 is 1.12 bits per heavy atom. The second-order valence-corrected chi connectivity index (χ2v) is 9.92. The maximum absolute atomic E-state index is 13.7. The van der Waals surface area contributed by atoms with E-state index in [1.165, 1.54) is 12.3 Å². The first-order chi connectivity index (χ1) is 16.1. The molecule has 3 aromatic heterocycles. The monoisotopic (exact) mass is 473 g/mol. The van der Waals surface area contributed by atoms with Crippen molar-refractivity contribution in [2.45, 2.75) is 31.7 Å². The Hall–Kier alpha value is -3.96. The Kier molecular flexibility index (Phi) is 4.85. The molecule has 0 saturated carbocycles. The molecule has 6 nitrogen and oxygen atoms in total. The van der Waals surface area contributed by atoms with E-state index in [1.807, 2.05) is 49.6 Å². The molecule has 0 aliphatic heterocycles. The van der Waals surface area contributed by atoms with E-state index in [0.717, 1.165) is 22.7 Å². The highest BCUT2D eigenvalue weighted by Crippen LogP contribution is 2.33. The van der Waals surface area contributed by atoms with Gasteiger partial charge >= 0.3 is 10.2 Å². The topological polar surface area (TPSA) is 84.8 Å². The third-order valence-corrected chi connectivity index (χ3v) is 6.87. The summed E-state index contributed by atoms with van der Waals surface area (Å²) in [6.45, 7) is 5.85. The van der Waals surface area contributed by atoms with E-state index in [1.54, 1.807) is 6.07 Å². The smallest absolute Gasteiger partial charge is 0.333 e. The zero-order chi connectivity index (χ0) is 24.4. The van der Waals surface area contributed by atoms with Gasteiger partial charge in [-0.3, -0.25) is 9.78 Å². The Balaban J connectivity index is 1.91. The maximum Gasteiger partial charge on any atom is 0.333 e. The lowest BCUT2D eigenvalue weighted by atomic mass is 9.98. The fourth-order valence-electron chi connectivity index (χ4n) is 4.56. The summed E-state index contributed by atoms with van der Waals surface area (Å²) in [4.78, 5) is 20.4. The van der Waals surface area contributed by atoms with Gasteiger partial charge in [-0.1, -0.05) is 12.0 Å². The molecule has 170 valence electrons. The van der Waals surface area contributed by atoms with Crippen LogP contribution in [0.4, 0.5) is 3.89 Å². The van der Waals surface area contributed by atoms with E-state index < -0.39 is 15.1 Å². The van der Waals surface area contributed by atoms with Crippen LogP contribution in [0, 0.1) is 19.3 Å². The number of aryl methyl sites for hydroxylation is 1. The van der Waals surface area contributed by atoms with Crippen molar-refractivity contribution >= 4 is 43.1 Å². The third-order valence-electron chi connectivity index (χ3n) is 6.08. The van der Waals surface area contributed by atoms with E-state index in [4.69, 9.17) is 6.42 Å². The first-order valence-electron chi connectivity index (χ1n) is 10.6. The molecule has 8 heteroatoms. The number of hydrogen-bond acceptors (Lipinski definition) is 4. The number of rotatable bonds is 3. The van der Waals surface area contributed by atoms with Crippen LogP contribution in [0.3, 0.4) is 0 Å². The molecule has 34 heavy (non-hydrogen) atoms. The summed E-state index contributed by atoms with van der Waals surface area (Å²) in [5.74, 6) is 2.62. The summed E-state index contributed by atoms with van der Waals surface area (Å²) >= 11 is 0. The molecule has 0 unspecified atom stereocenters. The van der Waals surface area contributed by atoms with Gasteiger partial charge in [-0.15, -0.1) is 10.3 Å². The summed E-state index contributed by atoms with van der Waals surface area (Å²) in [7, 11) is -4.90. The normalized spacial score (nSPS) is 12.1. The van der Waals surface area contributed by atoms with Crippen LogP contribution >= 0.6 is 0 Å². The maximum atomic E-state index is 13.7. The number of H-pyrrole nitrogens is 1. The minimum atomic E-state index is -4.90. The van der Waals surface area contributed by atoms with Crippen molar-refractivity contribution in [1.82, 2.24) is 14.5 Å². The predicted octanol–water partition coefficient (Wildman–Crippen LogP) is 5.23. The van der Waals surface area contributed by atoms with Gasteiger partial charge in [0.2, 0.25) is 0 Å². The number of terminal acetylenes is 1. The molecule has 0 radical (unpaired) electrons. The van der Waals surface area contributed by atoms with Crippen LogP contribution in [-0.2, 0) is 10.2 Å². The quantitative estimate of drug-likeness (QED) is 0.287. The van der Waals surface area contributed by atoms with E-state index in [0.29, 0.717) is 38.6 Å². The van der Waals surface area contributed by atoms with Crippen LogP contribution in [-0.4, -0.2) is 23.0 Å². The number of aromatic amines is 1. The standard InChI is InChI=1S/C26H20FN3O3S/c1-5-16-6-7-19-22(9-16)29-26-24(19)25(31)21-8-15(4)20(11-23(21)30(26)14(2)3)17-10-18(13-28-12-17)34(27,32)33/h1,6-14,29H,2-4H3. The molecule has 1 N–H and O–H groups in total. The Bertz CT molecular complexity index is 1860. The third kappa shape index (κ3) is 3.28. The van der Waals surface area contributed by atoms with Crippen molar-refractivity contribution in [2.24, 2.45) is 0 Å². The van der Waals surface area contributed by atoms with Crippen molar-refractivity contribution in [3.05, 3.63) is 70.1 Å². The highest BCUT2D eigenvalue weighted by Gasteiger charge is 2.20. The zero-order valence-corrected chi connectivity index (χ0v) is 19.5. The molecule has 0 amide bonds. The molecule has 0 bridgehead atoms. The van der Waals surface area contributed by atoms with Crippen LogP contribution in [0.2, 0.25) is 0 Å². The summed E-state index contributed by atoms with van der Waals surface area (Å²) in [6, 6.07) is 10.4. The molecule has 0 spiro atoms. The molecule has 5 rings (SSSR count). The molecule has 5 aromatic rings. The van der Waals surface area contributed by atoms with Crippen molar-refractivity contribution in [3.63, 3.8) is 0 Å². The van der Waals surface area contributed by atoms with E-state index >= 15 is 0 Å². The number of pyridine rings is 2. The van der Waals surface area contributed by atoms with Gasteiger partial charge in [0.1, 0.15) is 10.5 Å². The van der Waals surface area contributed by atoms with Crippen LogP contribution in [0.25, 0.3) is 44.0 Å². The van der Waals surface area contributed by atoms with E-state index in [-0.39, 0.29) is 11.5 Å². The summed E-state index contributed by atoms with van der Waals surface area (Å²) < 4.78 is 38.5. The molecule has 0 atom stereocenters. The second kappa shape index (κ2) is 7.54. The van der Waals surface area contributed by atoms with Gasteiger partial charge in [-0.2, -0.15) is 8.42 Å². The number of aromatic nitrogens is 3. The Morgan fingerprint density at radius 2 is 1.88 bits per heavy atom. The van der Waals surface area contributed by atoms with Crippen molar-refractivity contribution < 1.29 is 12.3 Å². The number of fused-ring (bicyclic) bond motifs is 4. The van der Waals surface area contributed by atoms with Crippen molar-refractivity contribution in [1.29, 1.82) is 0 Å². The summed E-state index contributed by atoms with van der Waals surface area (Å²) in [5.41, 5.74) is 4.55. The molecular weight excluding hydrogens is 453 g/mol. The lowest BCUT2D eigenvalue weighted by Crippen LogP contribution is -2.13. The molecule has 0 aliphatic carbocycles. The van der Waals surface area contributed by atoms with Gasteiger partial charge in [0.25, 0.3) is 0 Å². The fraction of sp³-hybridized carbons (Fsp3) is 0.154. The molecule has 0 fully saturated rings. The lowest BCUT2D eigenvalue weighted by Gasteiger charge is -2.18. The predicted molar refractivity (Wildman–Crippen MR) is 132 cm³/mol. The lowest BCUT2D eigenvalue weighted by molar-refractivity contribution is 0.551. The van der Waals surface area contributed by atoms with Crippen LogP contribution in [0.15, 0.2) is 58.5 Å². The van der Waals surface area contributed by atoms with E-state index in [2.05, 4.69) is 15.9 Å². The first kappa shape index (κ1) is 21.9. The Morgan fingerprint density at radius 3 is 2.56 bits per heavy atom.